The van der Waals surface area contributed by atoms with E-state index in [1.807, 2.05) is 42.2 Å². The molecule has 4 rings (SSSR count). The molecular formula is C22H25N3O5. The first-order valence-corrected chi connectivity index (χ1v) is 10.2. The molecule has 1 aromatic heterocycles. The van der Waals surface area contributed by atoms with Crippen LogP contribution in [0.4, 0.5) is 4.79 Å². The summed E-state index contributed by atoms with van der Waals surface area (Å²) in [4.78, 5) is 40.4. The summed E-state index contributed by atoms with van der Waals surface area (Å²) >= 11 is 0. The Balaban J connectivity index is 1.29. The molecule has 0 saturated carbocycles. The second-order valence-electron chi connectivity index (χ2n) is 7.63. The standard InChI is InChI=1S/C22H25N3O5/c1-15-20(16-6-3-2-4-7-16)30-22(28)25(15)17-9-11-24(12-10-17)19(26)14-23-21(27)18-8-5-13-29-18/h2-8,13,15,17,20H,9-12,14H2,1H3,(H,23,27). The molecule has 2 aliphatic rings. The predicted octanol–water partition coefficient (Wildman–Crippen LogP) is 2.58. The molecule has 30 heavy (non-hydrogen) atoms. The van der Waals surface area contributed by atoms with Crippen molar-refractivity contribution in [2.45, 2.75) is 38.0 Å². The summed E-state index contributed by atoms with van der Waals surface area (Å²) in [7, 11) is 0. The zero-order valence-corrected chi connectivity index (χ0v) is 16.8. The molecule has 2 aliphatic heterocycles. The highest BCUT2D eigenvalue weighted by atomic mass is 16.6. The van der Waals surface area contributed by atoms with Crippen molar-refractivity contribution in [2.75, 3.05) is 19.6 Å². The Morgan fingerprint density at radius 1 is 1.10 bits per heavy atom. The van der Waals surface area contributed by atoms with Crippen molar-refractivity contribution in [3.63, 3.8) is 0 Å². The lowest BCUT2D eigenvalue weighted by molar-refractivity contribution is -0.131. The Bertz CT molecular complexity index is 891. The number of amides is 3. The number of hydrogen-bond donors (Lipinski definition) is 1. The average molecular weight is 411 g/mol. The van der Waals surface area contributed by atoms with Crippen LogP contribution in [0, 0.1) is 0 Å². The molecule has 3 amide bonds. The highest BCUT2D eigenvalue weighted by molar-refractivity contribution is 5.94. The van der Waals surface area contributed by atoms with Crippen LogP contribution >= 0.6 is 0 Å². The van der Waals surface area contributed by atoms with Gasteiger partial charge in [-0.1, -0.05) is 30.3 Å². The van der Waals surface area contributed by atoms with Crippen LogP contribution < -0.4 is 5.32 Å². The average Bonchev–Trinajstić information content (AvgIpc) is 3.41. The van der Waals surface area contributed by atoms with Crippen LogP contribution in [0.25, 0.3) is 0 Å². The van der Waals surface area contributed by atoms with Gasteiger partial charge in [-0.3, -0.25) is 14.5 Å². The Labute approximate surface area is 174 Å². The van der Waals surface area contributed by atoms with E-state index in [-0.39, 0.29) is 42.5 Å². The fourth-order valence-corrected chi connectivity index (χ4v) is 4.21. The number of nitrogens with zero attached hydrogens (tertiary/aromatic N) is 2. The third-order valence-electron chi connectivity index (χ3n) is 5.80. The number of benzene rings is 1. The molecule has 8 heteroatoms. The van der Waals surface area contributed by atoms with E-state index in [4.69, 9.17) is 9.15 Å². The Morgan fingerprint density at radius 3 is 2.50 bits per heavy atom. The van der Waals surface area contributed by atoms with Crippen molar-refractivity contribution >= 4 is 17.9 Å². The van der Waals surface area contributed by atoms with Gasteiger partial charge >= 0.3 is 6.09 Å². The minimum atomic E-state index is -0.413. The normalized spacial score (nSPS) is 22.1. The van der Waals surface area contributed by atoms with Gasteiger partial charge in [-0.15, -0.1) is 0 Å². The molecule has 1 N–H and O–H groups in total. The molecule has 0 bridgehead atoms. The van der Waals surface area contributed by atoms with Crippen LogP contribution in [0.3, 0.4) is 0 Å². The SMILES string of the molecule is CC1C(c2ccccc2)OC(=O)N1C1CCN(C(=O)CNC(=O)c2ccco2)CC1. The van der Waals surface area contributed by atoms with Crippen molar-refractivity contribution < 1.29 is 23.5 Å². The van der Waals surface area contributed by atoms with Crippen LogP contribution in [0.2, 0.25) is 0 Å². The lowest BCUT2D eigenvalue weighted by Gasteiger charge is -2.37. The number of likely N-dealkylation sites (tertiary alicyclic amines) is 1. The van der Waals surface area contributed by atoms with Crippen molar-refractivity contribution in [1.82, 2.24) is 15.1 Å². The van der Waals surface area contributed by atoms with E-state index < -0.39 is 5.91 Å². The number of hydrogen-bond acceptors (Lipinski definition) is 5. The van der Waals surface area contributed by atoms with Gasteiger partial charge in [0.05, 0.1) is 18.8 Å². The third kappa shape index (κ3) is 4.03. The number of cyclic esters (lactones) is 1. The third-order valence-corrected chi connectivity index (χ3v) is 5.80. The van der Waals surface area contributed by atoms with E-state index in [9.17, 15) is 14.4 Å². The summed E-state index contributed by atoms with van der Waals surface area (Å²) in [6, 6.07) is 12.9. The van der Waals surface area contributed by atoms with Gasteiger partial charge in [0.15, 0.2) is 5.76 Å². The molecule has 2 atom stereocenters. The molecule has 2 fully saturated rings. The Hall–Kier alpha value is -3.29. The number of carbonyl (C=O) groups excluding carboxylic acids is 3. The number of piperidine rings is 1. The molecule has 1 aromatic carbocycles. The Morgan fingerprint density at radius 2 is 1.83 bits per heavy atom. The second-order valence-corrected chi connectivity index (χ2v) is 7.63. The second kappa shape index (κ2) is 8.61. The quantitative estimate of drug-likeness (QED) is 0.817. The molecule has 158 valence electrons. The first-order chi connectivity index (χ1) is 14.5. The zero-order chi connectivity index (χ0) is 21.1. The van der Waals surface area contributed by atoms with E-state index in [0.29, 0.717) is 25.9 Å². The topological polar surface area (TPSA) is 92.1 Å². The maximum Gasteiger partial charge on any atom is 0.411 e. The maximum absolute atomic E-state index is 12.5. The zero-order valence-electron chi connectivity index (χ0n) is 16.8. The lowest BCUT2D eigenvalue weighted by Crippen LogP contribution is -2.50. The maximum atomic E-state index is 12.5. The fraction of sp³-hybridized carbons (Fsp3) is 0.409. The van der Waals surface area contributed by atoms with E-state index in [1.54, 1.807) is 17.0 Å². The van der Waals surface area contributed by atoms with E-state index in [2.05, 4.69) is 5.32 Å². The van der Waals surface area contributed by atoms with Crippen molar-refractivity contribution in [2.24, 2.45) is 0 Å². The monoisotopic (exact) mass is 411 g/mol. The highest BCUT2D eigenvalue weighted by Gasteiger charge is 2.44. The van der Waals surface area contributed by atoms with Gasteiger partial charge in [0.2, 0.25) is 5.91 Å². The van der Waals surface area contributed by atoms with Crippen LogP contribution in [-0.2, 0) is 9.53 Å². The van der Waals surface area contributed by atoms with Crippen molar-refractivity contribution in [3.05, 3.63) is 60.1 Å². The van der Waals surface area contributed by atoms with Gasteiger partial charge in [-0.25, -0.2) is 4.79 Å². The molecule has 2 unspecified atom stereocenters. The van der Waals surface area contributed by atoms with Gasteiger partial charge in [0.25, 0.3) is 5.91 Å². The molecule has 0 spiro atoms. The Kier molecular flexibility index (Phi) is 5.74. The summed E-state index contributed by atoms with van der Waals surface area (Å²) in [6.07, 6.45) is 2.19. The first kappa shape index (κ1) is 20.0. The number of nitrogens with one attached hydrogen (secondary N) is 1. The molecule has 0 radical (unpaired) electrons. The van der Waals surface area contributed by atoms with Gasteiger partial charge in [-0.2, -0.15) is 0 Å². The number of carbonyl (C=O) groups is 3. The largest absolute Gasteiger partial charge is 0.459 e. The lowest BCUT2D eigenvalue weighted by atomic mass is 9.98. The fourth-order valence-electron chi connectivity index (χ4n) is 4.21. The van der Waals surface area contributed by atoms with Crippen LogP contribution in [-0.4, -0.2) is 59.4 Å². The van der Waals surface area contributed by atoms with Crippen molar-refractivity contribution in [3.8, 4) is 0 Å². The number of ether oxygens (including phenoxy) is 1. The van der Waals surface area contributed by atoms with E-state index in [1.165, 1.54) is 6.26 Å². The van der Waals surface area contributed by atoms with Gasteiger partial charge in [0.1, 0.15) is 6.10 Å². The molecule has 8 nitrogen and oxygen atoms in total. The molecule has 2 saturated heterocycles. The summed E-state index contributed by atoms with van der Waals surface area (Å²) in [5.74, 6) is -0.382. The molecule has 0 aliphatic carbocycles. The smallest absolute Gasteiger partial charge is 0.411 e. The van der Waals surface area contributed by atoms with Crippen molar-refractivity contribution in [1.29, 1.82) is 0 Å². The van der Waals surface area contributed by atoms with Crippen LogP contribution in [0.1, 0.15) is 42.0 Å². The van der Waals surface area contributed by atoms with Gasteiger partial charge in [0, 0.05) is 19.1 Å². The number of furan rings is 1. The molecule has 2 aromatic rings. The summed E-state index contributed by atoms with van der Waals surface area (Å²) in [6.45, 7) is 2.99. The van der Waals surface area contributed by atoms with E-state index >= 15 is 0 Å². The summed E-state index contributed by atoms with van der Waals surface area (Å²) < 4.78 is 10.7. The summed E-state index contributed by atoms with van der Waals surface area (Å²) in [5.41, 5.74) is 0.987. The minimum Gasteiger partial charge on any atom is -0.459 e. The minimum absolute atomic E-state index is 0.0305. The van der Waals surface area contributed by atoms with Gasteiger partial charge < -0.3 is 19.4 Å². The predicted molar refractivity (Wildman–Crippen MR) is 108 cm³/mol. The number of rotatable bonds is 5. The van der Waals surface area contributed by atoms with E-state index in [0.717, 1.165) is 5.56 Å². The van der Waals surface area contributed by atoms with Crippen LogP contribution in [0.15, 0.2) is 53.1 Å². The highest BCUT2D eigenvalue weighted by Crippen LogP contribution is 2.35. The first-order valence-electron chi connectivity index (χ1n) is 10.2. The van der Waals surface area contributed by atoms with Crippen LogP contribution in [0.5, 0.6) is 0 Å². The van der Waals surface area contributed by atoms with Gasteiger partial charge in [-0.05, 0) is 37.5 Å². The molecule has 3 heterocycles. The summed E-state index contributed by atoms with van der Waals surface area (Å²) in [5, 5.41) is 2.58. The molecular weight excluding hydrogens is 386 g/mol.